The summed E-state index contributed by atoms with van der Waals surface area (Å²) in [6.45, 7) is 7.48. The van der Waals surface area contributed by atoms with Crippen LogP contribution in [-0.2, 0) is 9.53 Å². The minimum atomic E-state index is -0.793. The minimum Gasteiger partial charge on any atom is -0.463 e. The van der Waals surface area contributed by atoms with Crippen molar-refractivity contribution in [1.29, 1.82) is 0 Å². The Morgan fingerprint density at radius 1 is 1.18 bits per heavy atom. The molecule has 1 atom stereocenters. The molecule has 0 amide bonds. The monoisotopic (exact) mass is 576 g/mol. The number of non-ortho nitro benzene ring substituents is 1. The highest BCUT2D eigenvalue weighted by Gasteiger charge is 2.34. The van der Waals surface area contributed by atoms with Gasteiger partial charge in [-0.25, -0.2) is 9.79 Å². The van der Waals surface area contributed by atoms with Gasteiger partial charge in [0.25, 0.3) is 11.2 Å². The van der Waals surface area contributed by atoms with Crippen LogP contribution in [0.2, 0.25) is 5.02 Å². The Balaban J connectivity index is 1.67. The fraction of sp³-hybridized carbons (Fsp3) is 0.207. The number of hydrogen-bond acceptors (Lipinski definition) is 7. The van der Waals surface area contributed by atoms with E-state index in [2.05, 4.69) is 4.99 Å². The molecule has 2 aromatic carbocycles. The fourth-order valence-electron chi connectivity index (χ4n) is 4.98. The highest BCUT2D eigenvalue weighted by molar-refractivity contribution is 7.07. The van der Waals surface area contributed by atoms with Crippen molar-refractivity contribution in [3.63, 3.8) is 0 Å². The fourth-order valence-corrected chi connectivity index (χ4v) is 6.25. The van der Waals surface area contributed by atoms with E-state index in [0.717, 1.165) is 22.6 Å². The molecule has 204 valence electrons. The third-order valence-electron chi connectivity index (χ3n) is 6.79. The molecular formula is C29H25ClN4O5S. The Morgan fingerprint density at radius 3 is 2.52 bits per heavy atom. The van der Waals surface area contributed by atoms with Crippen molar-refractivity contribution in [1.82, 2.24) is 9.13 Å². The Bertz CT molecular complexity index is 1880. The van der Waals surface area contributed by atoms with Crippen LogP contribution >= 0.6 is 22.9 Å². The number of benzene rings is 2. The molecule has 0 fully saturated rings. The van der Waals surface area contributed by atoms with Gasteiger partial charge >= 0.3 is 5.97 Å². The molecule has 4 aromatic rings. The largest absolute Gasteiger partial charge is 0.463 e. The lowest BCUT2D eigenvalue weighted by atomic mass is 9.96. The number of carbonyl (C=O) groups excluding carboxylic acids is 1. The van der Waals surface area contributed by atoms with E-state index in [4.69, 9.17) is 16.3 Å². The number of carbonyl (C=O) groups is 1. The highest BCUT2D eigenvalue weighted by atomic mass is 35.5. The van der Waals surface area contributed by atoms with Crippen molar-refractivity contribution < 1.29 is 14.5 Å². The highest BCUT2D eigenvalue weighted by Crippen LogP contribution is 2.34. The van der Waals surface area contributed by atoms with Crippen molar-refractivity contribution in [3.05, 3.63) is 123 Å². The van der Waals surface area contributed by atoms with Crippen molar-refractivity contribution in [2.24, 2.45) is 4.99 Å². The topological polar surface area (TPSA) is 109 Å². The number of nitro groups is 1. The summed E-state index contributed by atoms with van der Waals surface area (Å²) < 4.78 is 9.26. The molecule has 0 aliphatic carbocycles. The van der Waals surface area contributed by atoms with Crippen LogP contribution < -0.4 is 14.9 Å². The molecular weight excluding hydrogens is 552 g/mol. The first-order chi connectivity index (χ1) is 19.1. The number of nitrogens with zero attached hydrogens (tertiary/aromatic N) is 4. The minimum absolute atomic E-state index is 0.0121. The second kappa shape index (κ2) is 10.7. The predicted molar refractivity (Wildman–Crippen MR) is 154 cm³/mol. The zero-order chi connectivity index (χ0) is 28.7. The molecule has 0 saturated carbocycles. The second-order valence-electron chi connectivity index (χ2n) is 9.26. The summed E-state index contributed by atoms with van der Waals surface area (Å²) >= 11 is 7.80. The quantitative estimate of drug-likeness (QED) is 0.187. The molecule has 2 aromatic heterocycles. The van der Waals surface area contributed by atoms with E-state index in [9.17, 15) is 19.7 Å². The maximum absolute atomic E-state index is 13.9. The Hall–Kier alpha value is -4.28. The van der Waals surface area contributed by atoms with Crippen LogP contribution in [0.5, 0.6) is 0 Å². The van der Waals surface area contributed by atoms with Crippen LogP contribution in [-0.4, -0.2) is 26.6 Å². The van der Waals surface area contributed by atoms with Gasteiger partial charge in [0.15, 0.2) is 4.80 Å². The van der Waals surface area contributed by atoms with Gasteiger partial charge in [0, 0.05) is 34.2 Å². The SMILES string of the molecule is CCOC(=O)C1=C(C)N=c2s/c(=C\c3cc(C)n(-c4ccc([N+](=O)[O-])cc4)c3C)c(=O)n2C1c1ccccc1Cl. The van der Waals surface area contributed by atoms with E-state index < -0.39 is 16.9 Å². The van der Waals surface area contributed by atoms with Crippen LogP contribution in [0.25, 0.3) is 11.8 Å². The standard InChI is InChI=1S/C29H25ClN4O5S/c1-5-39-28(36)25-17(3)31-29-33(26(25)22-8-6-7-9-23(22)30)27(35)24(40-29)15-19-14-16(2)32(18(19)4)20-10-12-21(13-11-20)34(37)38/h6-15,26H,5H2,1-4H3/b24-15-. The van der Waals surface area contributed by atoms with Crippen LogP contribution in [0, 0.1) is 24.0 Å². The summed E-state index contributed by atoms with van der Waals surface area (Å²) in [7, 11) is 0. The molecule has 0 spiro atoms. The van der Waals surface area contributed by atoms with E-state index in [1.165, 1.54) is 28.0 Å². The van der Waals surface area contributed by atoms with Crippen molar-refractivity contribution in [3.8, 4) is 5.69 Å². The molecule has 0 radical (unpaired) electrons. The molecule has 1 aliphatic rings. The van der Waals surface area contributed by atoms with Crippen molar-refractivity contribution >= 4 is 40.7 Å². The van der Waals surface area contributed by atoms with E-state index in [1.807, 2.05) is 30.5 Å². The first-order valence-electron chi connectivity index (χ1n) is 12.5. The summed E-state index contributed by atoms with van der Waals surface area (Å²) in [6, 6.07) is 14.6. The van der Waals surface area contributed by atoms with Crippen molar-refractivity contribution in [2.45, 2.75) is 33.7 Å². The zero-order valence-corrected chi connectivity index (χ0v) is 23.7. The van der Waals surface area contributed by atoms with Gasteiger partial charge < -0.3 is 9.30 Å². The van der Waals surface area contributed by atoms with Crippen LogP contribution in [0.1, 0.15) is 42.4 Å². The lowest BCUT2D eigenvalue weighted by molar-refractivity contribution is -0.384. The number of nitro benzene ring substituents is 1. The van der Waals surface area contributed by atoms with Gasteiger partial charge in [-0.15, -0.1) is 0 Å². The molecule has 0 N–H and O–H groups in total. The van der Waals surface area contributed by atoms with Gasteiger partial charge in [-0.2, -0.15) is 0 Å². The molecule has 1 unspecified atom stereocenters. The number of hydrogen-bond donors (Lipinski definition) is 0. The first-order valence-corrected chi connectivity index (χ1v) is 13.7. The molecule has 1 aliphatic heterocycles. The molecule has 5 rings (SSSR count). The normalized spacial score (nSPS) is 15.1. The molecule has 11 heteroatoms. The zero-order valence-electron chi connectivity index (χ0n) is 22.2. The van der Waals surface area contributed by atoms with E-state index >= 15 is 0 Å². The number of allylic oxidation sites excluding steroid dienone is 1. The maximum Gasteiger partial charge on any atom is 0.338 e. The Kier molecular flexibility index (Phi) is 7.31. The third-order valence-corrected chi connectivity index (χ3v) is 8.12. The van der Waals surface area contributed by atoms with Gasteiger partial charge in [0.1, 0.15) is 6.04 Å². The summed E-state index contributed by atoms with van der Waals surface area (Å²) in [6.07, 6.45) is 1.81. The van der Waals surface area contributed by atoms with Crippen LogP contribution in [0.3, 0.4) is 0 Å². The lowest BCUT2D eigenvalue weighted by Crippen LogP contribution is -2.40. The Labute approximate surface area is 238 Å². The number of rotatable bonds is 6. The van der Waals surface area contributed by atoms with E-state index in [1.54, 1.807) is 50.3 Å². The second-order valence-corrected chi connectivity index (χ2v) is 10.7. The smallest absolute Gasteiger partial charge is 0.338 e. The van der Waals surface area contributed by atoms with Crippen LogP contribution in [0.4, 0.5) is 5.69 Å². The number of ether oxygens (including phenoxy) is 1. The Morgan fingerprint density at radius 2 is 1.88 bits per heavy atom. The van der Waals surface area contributed by atoms with Gasteiger partial charge in [0.05, 0.1) is 27.3 Å². The van der Waals surface area contributed by atoms with Gasteiger partial charge in [-0.1, -0.05) is 41.1 Å². The summed E-state index contributed by atoms with van der Waals surface area (Å²) in [5.74, 6) is -0.547. The predicted octanol–water partition coefficient (Wildman–Crippen LogP) is 4.77. The number of aromatic nitrogens is 2. The van der Waals surface area contributed by atoms with E-state index in [0.29, 0.717) is 25.6 Å². The summed E-state index contributed by atoms with van der Waals surface area (Å²) in [4.78, 5) is 42.7. The average molecular weight is 577 g/mol. The third kappa shape index (κ3) is 4.69. The average Bonchev–Trinajstić information content (AvgIpc) is 3.37. The number of thiazole rings is 1. The molecule has 9 nitrogen and oxygen atoms in total. The number of aryl methyl sites for hydroxylation is 1. The lowest BCUT2D eigenvalue weighted by Gasteiger charge is -2.25. The summed E-state index contributed by atoms with van der Waals surface area (Å²) in [5, 5.41) is 11.5. The van der Waals surface area contributed by atoms with Gasteiger partial charge in [-0.3, -0.25) is 19.5 Å². The summed E-state index contributed by atoms with van der Waals surface area (Å²) in [5.41, 5.74) is 4.40. The maximum atomic E-state index is 13.9. The number of halogens is 1. The molecule has 0 saturated heterocycles. The number of esters is 1. The first kappa shape index (κ1) is 27.3. The van der Waals surface area contributed by atoms with E-state index in [-0.39, 0.29) is 23.4 Å². The van der Waals surface area contributed by atoms with Crippen LogP contribution in [0.15, 0.2) is 75.7 Å². The molecule has 3 heterocycles. The van der Waals surface area contributed by atoms with Crippen molar-refractivity contribution in [2.75, 3.05) is 6.61 Å². The van der Waals surface area contributed by atoms with Gasteiger partial charge in [0.2, 0.25) is 0 Å². The molecule has 40 heavy (non-hydrogen) atoms. The number of fused-ring (bicyclic) bond motifs is 1. The van der Waals surface area contributed by atoms with Gasteiger partial charge in [-0.05, 0) is 69.2 Å². The molecule has 0 bridgehead atoms.